The van der Waals surface area contributed by atoms with E-state index in [1.165, 1.54) is 43.4 Å². The third kappa shape index (κ3) is 3.87. The minimum absolute atomic E-state index is 0.657. The zero-order chi connectivity index (χ0) is 14.5. The highest BCUT2D eigenvalue weighted by molar-refractivity contribution is 5.45. The Morgan fingerprint density at radius 3 is 2.52 bits per heavy atom. The predicted molar refractivity (Wildman–Crippen MR) is 87.4 cm³/mol. The number of hydrogen-bond donors (Lipinski definition) is 1. The van der Waals surface area contributed by atoms with Gasteiger partial charge >= 0.3 is 0 Å². The molecule has 0 saturated heterocycles. The topological polar surface area (TPSA) is 29.9 Å². The second-order valence-corrected chi connectivity index (χ2v) is 6.17. The van der Waals surface area contributed by atoms with E-state index in [0.717, 1.165) is 12.5 Å². The summed E-state index contributed by atoms with van der Waals surface area (Å²) in [5.41, 5.74) is 2.54. The van der Waals surface area contributed by atoms with E-state index >= 15 is 0 Å². The Hall–Kier alpha value is -1.77. The summed E-state index contributed by atoms with van der Waals surface area (Å²) < 4.78 is 1.95. The van der Waals surface area contributed by atoms with Gasteiger partial charge in [0, 0.05) is 24.1 Å². The van der Waals surface area contributed by atoms with Crippen molar-refractivity contribution in [1.29, 1.82) is 0 Å². The molecule has 3 rings (SSSR count). The fraction of sp³-hybridized carbons (Fsp3) is 0.500. The van der Waals surface area contributed by atoms with Crippen LogP contribution in [0.4, 0.5) is 5.69 Å². The minimum Gasteiger partial charge on any atom is -0.382 e. The second kappa shape index (κ2) is 6.79. The van der Waals surface area contributed by atoms with Gasteiger partial charge in [0.2, 0.25) is 0 Å². The van der Waals surface area contributed by atoms with Crippen LogP contribution in [0.25, 0.3) is 0 Å². The maximum absolute atomic E-state index is 4.24. The van der Waals surface area contributed by atoms with Crippen LogP contribution in [0.3, 0.4) is 0 Å². The van der Waals surface area contributed by atoms with E-state index in [1.807, 2.05) is 23.1 Å². The molecule has 112 valence electrons. The number of hydrogen-bond acceptors (Lipinski definition) is 2. The molecule has 1 aliphatic carbocycles. The molecule has 1 saturated carbocycles. The van der Waals surface area contributed by atoms with E-state index in [1.54, 1.807) is 0 Å². The lowest BCUT2D eigenvalue weighted by Gasteiger charge is -2.29. The average Bonchev–Trinajstić information content (AvgIpc) is 3.03. The summed E-state index contributed by atoms with van der Waals surface area (Å²) in [6.45, 7) is 3.16. The Labute approximate surface area is 127 Å². The van der Waals surface area contributed by atoms with Gasteiger partial charge in [-0.15, -0.1) is 0 Å². The first-order chi connectivity index (χ1) is 10.3. The van der Waals surface area contributed by atoms with Gasteiger partial charge in [-0.2, -0.15) is 5.10 Å². The SMILES string of the molecule is CCC1CCC(Nc2ccc(Cn3cccn3)cc2)CC1. The van der Waals surface area contributed by atoms with Crippen LogP contribution in [0.5, 0.6) is 0 Å². The van der Waals surface area contributed by atoms with Gasteiger partial charge in [-0.1, -0.05) is 25.5 Å². The second-order valence-electron chi connectivity index (χ2n) is 6.17. The van der Waals surface area contributed by atoms with Crippen molar-refractivity contribution in [2.45, 2.75) is 51.6 Å². The van der Waals surface area contributed by atoms with Gasteiger partial charge in [-0.05, 0) is 55.4 Å². The summed E-state index contributed by atoms with van der Waals surface area (Å²) in [7, 11) is 0. The molecule has 0 amide bonds. The average molecular weight is 283 g/mol. The van der Waals surface area contributed by atoms with E-state index in [0.29, 0.717) is 6.04 Å². The fourth-order valence-corrected chi connectivity index (χ4v) is 3.24. The lowest BCUT2D eigenvalue weighted by Crippen LogP contribution is -2.25. The van der Waals surface area contributed by atoms with Crippen LogP contribution in [-0.2, 0) is 6.54 Å². The highest BCUT2D eigenvalue weighted by Gasteiger charge is 2.19. The molecule has 1 fully saturated rings. The quantitative estimate of drug-likeness (QED) is 0.886. The van der Waals surface area contributed by atoms with Crippen molar-refractivity contribution in [3.63, 3.8) is 0 Å². The molecule has 1 heterocycles. The van der Waals surface area contributed by atoms with Crippen LogP contribution >= 0.6 is 0 Å². The molecular formula is C18H25N3. The first-order valence-corrected chi connectivity index (χ1v) is 8.16. The summed E-state index contributed by atoms with van der Waals surface area (Å²) in [6, 6.07) is 11.4. The van der Waals surface area contributed by atoms with Crippen LogP contribution < -0.4 is 5.32 Å². The lowest BCUT2D eigenvalue weighted by atomic mass is 9.84. The summed E-state index contributed by atoms with van der Waals surface area (Å²) in [6.07, 6.45) is 10.5. The van der Waals surface area contributed by atoms with Crippen LogP contribution in [0.1, 0.15) is 44.6 Å². The molecule has 0 radical (unpaired) electrons. The summed E-state index contributed by atoms with van der Waals surface area (Å²) in [4.78, 5) is 0. The molecule has 3 nitrogen and oxygen atoms in total. The number of nitrogens with zero attached hydrogens (tertiary/aromatic N) is 2. The van der Waals surface area contributed by atoms with Crippen LogP contribution in [-0.4, -0.2) is 15.8 Å². The zero-order valence-corrected chi connectivity index (χ0v) is 12.8. The van der Waals surface area contributed by atoms with Gasteiger partial charge in [-0.25, -0.2) is 0 Å². The summed E-state index contributed by atoms with van der Waals surface area (Å²) in [5, 5.41) is 7.93. The maximum atomic E-state index is 4.24. The normalized spacial score (nSPS) is 22.1. The third-order valence-corrected chi connectivity index (χ3v) is 4.65. The van der Waals surface area contributed by atoms with Gasteiger partial charge in [0.15, 0.2) is 0 Å². The van der Waals surface area contributed by atoms with E-state index in [-0.39, 0.29) is 0 Å². The monoisotopic (exact) mass is 283 g/mol. The van der Waals surface area contributed by atoms with Gasteiger partial charge in [0.05, 0.1) is 6.54 Å². The molecule has 1 aliphatic rings. The number of aromatic nitrogens is 2. The largest absolute Gasteiger partial charge is 0.382 e. The maximum Gasteiger partial charge on any atom is 0.0659 e. The molecular weight excluding hydrogens is 258 g/mol. The molecule has 3 heteroatoms. The first kappa shape index (κ1) is 14.2. The molecule has 0 bridgehead atoms. The van der Waals surface area contributed by atoms with E-state index in [2.05, 4.69) is 41.6 Å². The van der Waals surface area contributed by atoms with Crippen LogP contribution in [0.2, 0.25) is 0 Å². The number of nitrogens with one attached hydrogen (secondary N) is 1. The van der Waals surface area contributed by atoms with E-state index in [9.17, 15) is 0 Å². The van der Waals surface area contributed by atoms with Crippen molar-refractivity contribution < 1.29 is 0 Å². The van der Waals surface area contributed by atoms with Gasteiger partial charge in [0.1, 0.15) is 0 Å². The molecule has 0 spiro atoms. The number of rotatable bonds is 5. The van der Waals surface area contributed by atoms with Crippen molar-refractivity contribution in [3.05, 3.63) is 48.3 Å². The summed E-state index contributed by atoms with van der Waals surface area (Å²) >= 11 is 0. The standard InChI is InChI=1S/C18H25N3/c1-2-15-4-8-17(9-5-15)20-18-10-6-16(7-11-18)14-21-13-3-12-19-21/h3,6-7,10-13,15,17,20H,2,4-5,8-9,14H2,1H3. The highest BCUT2D eigenvalue weighted by Crippen LogP contribution is 2.28. The first-order valence-electron chi connectivity index (χ1n) is 8.16. The third-order valence-electron chi connectivity index (χ3n) is 4.65. The Morgan fingerprint density at radius 1 is 1.14 bits per heavy atom. The van der Waals surface area contributed by atoms with Crippen LogP contribution in [0.15, 0.2) is 42.7 Å². The van der Waals surface area contributed by atoms with Gasteiger partial charge < -0.3 is 5.32 Å². The van der Waals surface area contributed by atoms with Gasteiger partial charge in [-0.3, -0.25) is 4.68 Å². The van der Waals surface area contributed by atoms with Crippen molar-refractivity contribution in [2.24, 2.45) is 5.92 Å². The van der Waals surface area contributed by atoms with Crippen molar-refractivity contribution in [2.75, 3.05) is 5.32 Å². The molecule has 0 unspecified atom stereocenters. The van der Waals surface area contributed by atoms with Crippen molar-refractivity contribution in [3.8, 4) is 0 Å². The van der Waals surface area contributed by atoms with Crippen molar-refractivity contribution in [1.82, 2.24) is 9.78 Å². The van der Waals surface area contributed by atoms with Crippen molar-refractivity contribution >= 4 is 5.69 Å². The molecule has 21 heavy (non-hydrogen) atoms. The van der Waals surface area contributed by atoms with E-state index < -0.39 is 0 Å². The Morgan fingerprint density at radius 2 is 1.90 bits per heavy atom. The summed E-state index contributed by atoms with van der Waals surface area (Å²) in [5.74, 6) is 0.958. The highest BCUT2D eigenvalue weighted by atomic mass is 15.3. The molecule has 0 atom stereocenters. The Balaban J connectivity index is 1.53. The molecule has 0 aliphatic heterocycles. The minimum atomic E-state index is 0.657. The number of benzene rings is 1. The Bertz CT molecular complexity index is 522. The zero-order valence-electron chi connectivity index (χ0n) is 12.8. The fourth-order valence-electron chi connectivity index (χ4n) is 3.24. The molecule has 2 aromatic rings. The smallest absolute Gasteiger partial charge is 0.0659 e. The lowest BCUT2D eigenvalue weighted by molar-refractivity contribution is 0.330. The predicted octanol–water partition coefficient (Wildman–Crippen LogP) is 4.31. The number of anilines is 1. The molecule has 1 aromatic heterocycles. The molecule has 1 aromatic carbocycles. The van der Waals surface area contributed by atoms with Crippen LogP contribution in [0, 0.1) is 5.92 Å². The van der Waals surface area contributed by atoms with E-state index in [4.69, 9.17) is 0 Å². The Kier molecular flexibility index (Phi) is 4.59. The van der Waals surface area contributed by atoms with Gasteiger partial charge in [0.25, 0.3) is 0 Å². The molecule has 1 N–H and O–H groups in total.